The number of Topliss-reactive ketones (excluding diaryl/α,β-unsaturated/α-hetero) is 1. The minimum Gasteiger partial charge on any atom is -0.294 e. The van der Waals surface area contributed by atoms with Gasteiger partial charge in [0, 0.05) is 19.0 Å². The van der Waals surface area contributed by atoms with Crippen molar-refractivity contribution < 1.29 is 17.8 Å². The van der Waals surface area contributed by atoms with E-state index < -0.39 is 10.2 Å². The molecule has 0 radical (unpaired) electrons. The largest absolute Gasteiger partial charge is 0.294 e. The lowest BCUT2D eigenvalue weighted by Gasteiger charge is -2.10. The van der Waals surface area contributed by atoms with E-state index in [-0.39, 0.29) is 11.8 Å². The summed E-state index contributed by atoms with van der Waals surface area (Å²) in [5.74, 6) is -0.00866. The van der Waals surface area contributed by atoms with Gasteiger partial charge < -0.3 is 0 Å². The molecule has 1 aliphatic rings. The van der Waals surface area contributed by atoms with E-state index in [9.17, 15) is 13.2 Å². The van der Waals surface area contributed by atoms with E-state index in [1.807, 2.05) is 10.8 Å². The molecule has 1 aromatic heterocycles. The second-order valence-electron chi connectivity index (χ2n) is 4.44. The Hall–Kier alpha value is -1.31. The molecule has 0 amide bonds. The Labute approximate surface area is 106 Å². The molecule has 1 fully saturated rings. The lowest BCUT2D eigenvalue weighted by Crippen LogP contribution is -2.42. The van der Waals surface area contributed by atoms with Crippen LogP contribution in [0.1, 0.15) is 29.7 Å². The highest BCUT2D eigenvalue weighted by atomic mass is 32.2. The van der Waals surface area contributed by atoms with E-state index in [4.69, 9.17) is 5.14 Å². The van der Waals surface area contributed by atoms with Crippen LogP contribution in [-0.2, 0) is 10.2 Å². The molecular weight excluding hydrogens is 254 g/mol. The lowest BCUT2D eigenvalue weighted by molar-refractivity contribution is -0.719. The second kappa shape index (κ2) is 4.75. The van der Waals surface area contributed by atoms with Crippen molar-refractivity contribution in [3.8, 4) is 0 Å². The first-order valence-electron chi connectivity index (χ1n) is 5.67. The van der Waals surface area contributed by atoms with E-state index in [2.05, 4.69) is 0 Å². The van der Waals surface area contributed by atoms with Crippen molar-refractivity contribution in [2.75, 3.05) is 13.1 Å². The summed E-state index contributed by atoms with van der Waals surface area (Å²) in [4.78, 5) is 11.3. The van der Waals surface area contributed by atoms with Gasteiger partial charge >= 0.3 is 0 Å². The fourth-order valence-electron chi connectivity index (χ4n) is 2.11. The van der Waals surface area contributed by atoms with Crippen molar-refractivity contribution in [2.24, 2.45) is 5.14 Å². The van der Waals surface area contributed by atoms with E-state index in [0.29, 0.717) is 25.1 Å². The van der Waals surface area contributed by atoms with Gasteiger partial charge in [0.25, 0.3) is 10.2 Å². The summed E-state index contributed by atoms with van der Waals surface area (Å²) in [5.41, 5.74) is 0.617. The molecule has 0 aliphatic carbocycles. The maximum absolute atomic E-state index is 11.3. The smallest absolute Gasteiger partial charge is 0.277 e. The third kappa shape index (κ3) is 2.74. The summed E-state index contributed by atoms with van der Waals surface area (Å²) in [6.45, 7) is 2.27. The zero-order valence-electron chi connectivity index (χ0n) is 10.1. The number of hydrogen-bond acceptors (Lipinski definition) is 3. The molecule has 6 nitrogen and oxygen atoms in total. The molecule has 1 atom stereocenters. The van der Waals surface area contributed by atoms with Crippen molar-refractivity contribution in [1.29, 1.82) is 0 Å². The lowest BCUT2D eigenvalue weighted by atomic mass is 10.2. The Morgan fingerprint density at radius 2 is 2.28 bits per heavy atom. The average molecular weight is 270 g/mol. The Balaban J connectivity index is 2.19. The van der Waals surface area contributed by atoms with Crippen LogP contribution >= 0.6 is 0 Å². The average Bonchev–Trinajstić information content (AvgIpc) is 2.78. The van der Waals surface area contributed by atoms with Crippen LogP contribution in [0.4, 0.5) is 0 Å². The van der Waals surface area contributed by atoms with Gasteiger partial charge in [-0.1, -0.05) is 0 Å². The third-order valence-electron chi connectivity index (χ3n) is 3.14. The minimum atomic E-state index is -3.62. The fraction of sp³-hybridized carbons (Fsp3) is 0.455. The molecule has 18 heavy (non-hydrogen) atoms. The molecule has 2 rings (SSSR count). The monoisotopic (exact) mass is 270 g/mol. The van der Waals surface area contributed by atoms with E-state index in [1.165, 1.54) is 11.2 Å². The zero-order valence-corrected chi connectivity index (χ0v) is 10.9. The standard InChI is InChI=1S/C11H16N3O3S/c1-9(15)10-3-2-5-13(7-10)11-4-6-14(8-11)18(12,16)17/h2-3,5,7,11H,4,6,8H2,1H3,(H2,12,16,17)/q+1. The predicted octanol–water partition coefficient (Wildman–Crippen LogP) is -0.373. The number of hydrogen-bond donors (Lipinski definition) is 1. The van der Waals surface area contributed by atoms with Crippen LogP contribution in [-0.4, -0.2) is 31.6 Å². The molecule has 1 unspecified atom stereocenters. The third-order valence-corrected chi connectivity index (χ3v) is 4.19. The number of rotatable bonds is 3. The highest BCUT2D eigenvalue weighted by Gasteiger charge is 2.34. The van der Waals surface area contributed by atoms with Gasteiger partial charge in [-0.05, 0) is 13.0 Å². The SMILES string of the molecule is CC(=O)c1ccc[n+](C2CCN(S(N)(=O)=O)C2)c1. The predicted molar refractivity (Wildman–Crippen MR) is 65.0 cm³/mol. The molecule has 7 heteroatoms. The topological polar surface area (TPSA) is 84.3 Å². The number of nitrogens with two attached hydrogens (primary N) is 1. The van der Waals surface area contributed by atoms with Crippen molar-refractivity contribution >= 4 is 16.0 Å². The molecule has 2 heterocycles. The Bertz CT molecular complexity index is 571. The number of carbonyl (C=O) groups is 1. The van der Waals surface area contributed by atoms with Crippen LogP contribution in [0.5, 0.6) is 0 Å². The van der Waals surface area contributed by atoms with E-state index >= 15 is 0 Å². The Morgan fingerprint density at radius 3 is 2.83 bits per heavy atom. The van der Waals surface area contributed by atoms with Crippen LogP contribution in [0, 0.1) is 0 Å². The van der Waals surface area contributed by atoms with E-state index in [0.717, 1.165) is 0 Å². The normalized spacial score (nSPS) is 21.1. The molecule has 1 saturated heterocycles. The van der Waals surface area contributed by atoms with Crippen LogP contribution in [0.3, 0.4) is 0 Å². The highest BCUT2D eigenvalue weighted by Crippen LogP contribution is 2.17. The summed E-state index contributed by atoms with van der Waals surface area (Å²) in [6, 6.07) is 3.56. The van der Waals surface area contributed by atoms with Crippen molar-refractivity contribution in [1.82, 2.24) is 4.31 Å². The van der Waals surface area contributed by atoms with Gasteiger partial charge in [-0.25, -0.2) is 9.71 Å². The number of aromatic nitrogens is 1. The maximum Gasteiger partial charge on any atom is 0.277 e. The van der Waals surface area contributed by atoms with Gasteiger partial charge in [-0.2, -0.15) is 12.7 Å². The maximum atomic E-state index is 11.3. The first-order valence-corrected chi connectivity index (χ1v) is 7.18. The van der Waals surface area contributed by atoms with Crippen molar-refractivity contribution in [3.05, 3.63) is 30.1 Å². The molecule has 1 aliphatic heterocycles. The first-order chi connectivity index (χ1) is 8.38. The molecule has 0 saturated carbocycles. The van der Waals surface area contributed by atoms with Crippen molar-refractivity contribution in [2.45, 2.75) is 19.4 Å². The number of pyridine rings is 1. The Kier molecular flexibility index (Phi) is 3.47. The number of carbonyl (C=O) groups excluding carboxylic acids is 1. The van der Waals surface area contributed by atoms with Crippen LogP contribution < -0.4 is 9.71 Å². The highest BCUT2D eigenvalue weighted by molar-refractivity contribution is 7.86. The molecule has 98 valence electrons. The summed E-state index contributed by atoms with van der Waals surface area (Å²) < 4.78 is 25.6. The Morgan fingerprint density at radius 1 is 1.56 bits per heavy atom. The molecule has 0 bridgehead atoms. The van der Waals surface area contributed by atoms with Crippen LogP contribution in [0.25, 0.3) is 0 Å². The van der Waals surface area contributed by atoms with Gasteiger partial charge in [0.1, 0.15) is 0 Å². The molecule has 0 aromatic carbocycles. The van der Waals surface area contributed by atoms with Gasteiger partial charge in [-0.3, -0.25) is 4.79 Å². The van der Waals surface area contributed by atoms with Crippen LogP contribution in [0.2, 0.25) is 0 Å². The van der Waals surface area contributed by atoms with Gasteiger partial charge in [0.05, 0.1) is 12.1 Å². The second-order valence-corrected chi connectivity index (χ2v) is 5.99. The van der Waals surface area contributed by atoms with Gasteiger partial charge in [0.15, 0.2) is 24.2 Å². The van der Waals surface area contributed by atoms with Gasteiger partial charge in [-0.15, -0.1) is 0 Å². The van der Waals surface area contributed by atoms with Crippen LogP contribution in [0.15, 0.2) is 24.5 Å². The zero-order chi connectivity index (χ0) is 13.3. The van der Waals surface area contributed by atoms with E-state index in [1.54, 1.807) is 18.3 Å². The number of ketones is 1. The minimum absolute atomic E-state index is 0.00866. The summed E-state index contributed by atoms with van der Waals surface area (Å²) >= 11 is 0. The van der Waals surface area contributed by atoms with Crippen molar-refractivity contribution in [3.63, 3.8) is 0 Å². The number of nitrogens with zero attached hydrogens (tertiary/aromatic N) is 2. The summed E-state index contributed by atoms with van der Waals surface area (Å²) in [5, 5.41) is 5.09. The molecule has 1 aromatic rings. The quantitative estimate of drug-likeness (QED) is 0.600. The molecular formula is C11H16N3O3S+. The molecule has 0 spiro atoms. The fourth-order valence-corrected chi connectivity index (χ4v) is 2.85. The van der Waals surface area contributed by atoms with Gasteiger partial charge in [0.2, 0.25) is 0 Å². The summed E-state index contributed by atoms with van der Waals surface area (Å²) in [7, 11) is -3.62. The summed E-state index contributed by atoms with van der Waals surface area (Å²) in [6.07, 6.45) is 4.28. The molecule has 2 N–H and O–H groups in total. The first kappa shape index (κ1) is 13.1.